The third kappa shape index (κ3) is 23.8. The van der Waals surface area contributed by atoms with E-state index < -0.39 is 12.1 Å². The fourth-order valence-electron chi connectivity index (χ4n) is 4.28. The molecule has 0 saturated heterocycles. The standard InChI is InChI=1S/C28H55NO4/c1-6-25(2)21-19-17-15-13-11-9-7-8-10-12-14-16-18-20-22-28(32)33-26(23-27(30)31)24-29(3,4)5/h25-26H,6-24H2,1-5H3/p+1. The Labute approximate surface area is 205 Å². The summed E-state index contributed by atoms with van der Waals surface area (Å²) >= 11 is 0. The molecule has 33 heavy (non-hydrogen) atoms. The van der Waals surface area contributed by atoms with Crippen LogP contribution in [-0.4, -0.2) is 55.3 Å². The minimum absolute atomic E-state index is 0.125. The Hall–Kier alpha value is -1.10. The van der Waals surface area contributed by atoms with Gasteiger partial charge in [0.1, 0.15) is 6.54 Å². The molecule has 0 amide bonds. The summed E-state index contributed by atoms with van der Waals surface area (Å²) in [5, 5.41) is 9.03. The first-order valence-electron chi connectivity index (χ1n) is 13.9. The van der Waals surface area contributed by atoms with Crippen molar-refractivity contribution in [1.29, 1.82) is 0 Å². The molecule has 5 heteroatoms. The van der Waals surface area contributed by atoms with Crippen LogP contribution < -0.4 is 0 Å². The van der Waals surface area contributed by atoms with Gasteiger partial charge in [0, 0.05) is 6.42 Å². The maximum Gasteiger partial charge on any atom is 0.307 e. The molecule has 0 aromatic rings. The van der Waals surface area contributed by atoms with Gasteiger partial charge in [0.05, 0.1) is 27.6 Å². The largest absolute Gasteiger partial charge is 0.481 e. The molecule has 2 atom stereocenters. The monoisotopic (exact) mass is 470 g/mol. The summed E-state index contributed by atoms with van der Waals surface area (Å²) in [7, 11) is 5.92. The van der Waals surface area contributed by atoms with Crippen molar-refractivity contribution in [2.45, 2.75) is 136 Å². The molecule has 1 N–H and O–H groups in total. The Morgan fingerprint density at radius 2 is 1.18 bits per heavy atom. The van der Waals surface area contributed by atoms with Crippen molar-refractivity contribution in [3.8, 4) is 0 Å². The van der Waals surface area contributed by atoms with E-state index in [-0.39, 0.29) is 12.4 Å². The van der Waals surface area contributed by atoms with E-state index in [0.29, 0.717) is 17.4 Å². The third-order valence-electron chi connectivity index (χ3n) is 6.48. The summed E-state index contributed by atoms with van der Waals surface area (Å²) in [6.07, 6.45) is 20.6. The van der Waals surface area contributed by atoms with E-state index in [4.69, 9.17) is 9.84 Å². The second-order valence-corrected chi connectivity index (χ2v) is 11.2. The van der Waals surface area contributed by atoms with Gasteiger partial charge >= 0.3 is 11.9 Å². The van der Waals surface area contributed by atoms with Crippen LogP contribution >= 0.6 is 0 Å². The van der Waals surface area contributed by atoms with Crippen LogP contribution in [-0.2, 0) is 14.3 Å². The number of carbonyl (C=O) groups excluding carboxylic acids is 1. The SMILES string of the molecule is CCC(C)CCCCCCCCCCCCCCCCC(=O)OC(CC(=O)O)C[N+](C)(C)C. The van der Waals surface area contributed by atoms with E-state index >= 15 is 0 Å². The van der Waals surface area contributed by atoms with E-state index in [1.54, 1.807) is 0 Å². The third-order valence-corrected chi connectivity index (χ3v) is 6.48. The van der Waals surface area contributed by atoms with Crippen molar-refractivity contribution in [1.82, 2.24) is 0 Å². The Morgan fingerprint density at radius 3 is 1.58 bits per heavy atom. The minimum atomic E-state index is -0.922. The second-order valence-electron chi connectivity index (χ2n) is 11.2. The van der Waals surface area contributed by atoms with Crippen LogP contribution in [0.1, 0.15) is 129 Å². The molecular formula is C28H56NO4+. The van der Waals surface area contributed by atoms with Crippen molar-refractivity contribution < 1.29 is 23.9 Å². The number of carbonyl (C=O) groups is 2. The molecule has 0 bridgehead atoms. The molecule has 0 radical (unpaired) electrons. The average Bonchev–Trinajstić information content (AvgIpc) is 2.71. The van der Waals surface area contributed by atoms with Gasteiger partial charge in [-0.25, -0.2) is 0 Å². The molecule has 0 aliphatic heterocycles. The summed E-state index contributed by atoms with van der Waals surface area (Å²) in [4.78, 5) is 23.1. The number of ether oxygens (including phenoxy) is 1. The maximum absolute atomic E-state index is 12.1. The number of quaternary nitrogens is 1. The Kier molecular flexibility index (Phi) is 19.6. The first-order chi connectivity index (χ1) is 15.6. The van der Waals surface area contributed by atoms with Gasteiger partial charge in [0.2, 0.25) is 0 Å². The lowest BCUT2D eigenvalue weighted by molar-refractivity contribution is -0.873. The van der Waals surface area contributed by atoms with Crippen LogP contribution in [0.15, 0.2) is 0 Å². The highest BCUT2D eigenvalue weighted by molar-refractivity contribution is 5.71. The van der Waals surface area contributed by atoms with Gasteiger partial charge in [-0.3, -0.25) is 9.59 Å². The minimum Gasteiger partial charge on any atom is -0.481 e. The zero-order valence-electron chi connectivity index (χ0n) is 22.7. The van der Waals surface area contributed by atoms with Gasteiger partial charge in [0.25, 0.3) is 0 Å². The van der Waals surface area contributed by atoms with E-state index in [9.17, 15) is 9.59 Å². The predicted molar refractivity (Wildman–Crippen MR) is 138 cm³/mol. The van der Waals surface area contributed by atoms with E-state index in [0.717, 1.165) is 18.8 Å². The summed E-state index contributed by atoms with van der Waals surface area (Å²) in [5.41, 5.74) is 0. The molecule has 0 aliphatic rings. The number of unbranched alkanes of at least 4 members (excludes halogenated alkanes) is 13. The topological polar surface area (TPSA) is 63.6 Å². The van der Waals surface area contributed by atoms with Gasteiger partial charge in [-0.1, -0.05) is 110 Å². The summed E-state index contributed by atoms with van der Waals surface area (Å²) in [5.74, 6) is -0.276. The van der Waals surface area contributed by atoms with Crippen LogP contribution in [0.5, 0.6) is 0 Å². The fourth-order valence-corrected chi connectivity index (χ4v) is 4.28. The zero-order chi connectivity index (χ0) is 25.0. The molecule has 0 fully saturated rings. The quantitative estimate of drug-likeness (QED) is 0.0962. The predicted octanol–water partition coefficient (Wildman–Crippen LogP) is 7.37. The first kappa shape index (κ1) is 31.9. The molecule has 2 unspecified atom stereocenters. The number of aliphatic carboxylic acids is 1. The van der Waals surface area contributed by atoms with Gasteiger partial charge in [-0.2, -0.15) is 0 Å². The molecule has 0 aromatic heterocycles. The van der Waals surface area contributed by atoms with E-state index in [2.05, 4.69) is 13.8 Å². The molecular weight excluding hydrogens is 414 g/mol. The number of hydrogen-bond acceptors (Lipinski definition) is 3. The number of esters is 1. The average molecular weight is 471 g/mol. The van der Waals surface area contributed by atoms with Crippen molar-refractivity contribution >= 4 is 11.9 Å². The number of nitrogens with zero attached hydrogens (tertiary/aromatic N) is 1. The maximum atomic E-state index is 12.1. The molecule has 0 heterocycles. The first-order valence-corrected chi connectivity index (χ1v) is 13.9. The molecule has 0 aliphatic carbocycles. The number of likely N-dealkylation sites (N-methyl/N-ethyl adjacent to an activating group) is 1. The summed E-state index contributed by atoms with van der Waals surface area (Å²) in [6.45, 7) is 5.17. The lowest BCUT2D eigenvalue weighted by Gasteiger charge is -2.28. The Balaban J connectivity index is 3.51. The Bertz CT molecular complexity index is 487. The molecule has 0 saturated carbocycles. The zero-order valence-corrected chi connectivity index (χ0v) is 22.7. The van der Waals surface area contributed by atoms with Gasteiger partial charge in [-0.05, 0) is 12.3 Å². The highest BCUT2D eigenvalue weighted by atomic mass is 16.5. The second kappa shape index (κ2) is 20.3. The van der Waals surface area contributed by atoms with E-state index in [1.165, 1.54) is 89.9 Å². The number of carboxylic acid groups (broad SMARTS) is 1. The molecule has 0 rings (SSSR count). The summed E-state index contributed by atoms with van der Waals surface area (Å²) < 4.78 is 6.01. The molecule has 5 nitrogen and oxygen atoms in total. The van der Waals surface area contributed by atoms with Gasteiger partial charge in [0.15, 0.2) is 6.10 Å². The fraction of sp³-hybridized carbons (Fsp3) is 0.929. The van der Waals surface area contributed by atoms with Crippen molar-refractivity contribution in [2.24, 2.45) is 5.92 Å². The molecule has 0 aromatic carbocycles. The molecule has 0 spiro atoms. The molecule has 196 valence electrons. The lowest BCUT2D eigenvalue weighted by atomic mass is 9.99. The number of carboxylic acids is 1. The number of rotatable bonds is 23. The summed E-state index contributed by atoms with van der Waals surface area (Å²) in [6, 6.07) is 0. The van der Waals surface area contributed by atoms with Crippen molar-refractivity contribution in [3.05, 3.63) is 0 Å². The van der Waals surface area contributed by atoms with Crippen LogP contribution in [0.4, 0.5) is 0 Å². The van der Waals surface area contributed by atoms with Crippen LogP contribution in [0.25, 0.3) is 0 Å². The normalized spacial score (nSPS) is 13.6. The van der Waals surface area contributed by atoms with Gasteiger partial charge < -0.3 is 14.3 Å². The van der Waals surface area contributed by atoms with Crippen molar-refractivity contribution in [3.63, 3.8) is 0 Å². The lowest BCUT2D eigenvalue weighted by Crippen LogP contribution is -2.43. The van der Waals surface area contributed by atoms with E-state index in [1.807, 2.05) is 21.1 Å². The van der Waals surface area contributed by atoms with Gasteiger partial charge in [-0.15, -0.1) is 0 Å². The van der Waals surface area contributed by atoms with Crippen LogP contribution in [0.2, 0.25) is 0 Å². The Morgan fingerprint density at radius 1 is 0.758 bits per heavy atom. The number of hydrogen-bond donors (Lipinski definition) is 1. The van der Waals surface area contributed by atoms with Crippen LogP contribution in [0, 0.1) is 5.92 Å². The van der Waals surface area contributed by atoms with Crippen LogP contribution in [0.3, 0.4) is 0 Å². The van der Waals surface area contributed by atoms with Crippen molar-refractivity contribution in [2.75, 3.05) is 27.7 Å². The smallest absolute Gasteiger partial charge is 0.307 e. The highest BCUT2D eigenvalue weighted by Gasteiger charge is 2.24. The highest BCUT2D eigenvalue weighted by Crippen LogP contribution is 2.16.